The van der Waals surface area contributed by atoms with E-state index in [-0.39, 0.29) is 29.5 Å². The van der Waals surface area contributed by atoms with Crippen molar-refractivity contribution >= 4 is 29.9 Å². The number of hydrogen-bond donors (Lipinski definition) is 2. The predicted octanol–water partition coefficient (Wildman–Crippen LogP) is 4.11. The van der Waals surface area contributed by atoms with E-state index in [1.54, 1.807) is 29.9 Å². The summed E-state index contributed by atoms with van der Waals surface area (Å²) >= 11 is 0. The van der Waals surface area contributed by atoms with Crippen LogP contribution in [-0.2, 0) is 19.6 Å². The highest BCUT2D eigenvalue weighted by Gasteiger charge is 2.10. The van der Waals surface area contributed by atoms with E-state index in [1.165, 1.54) is 0 Å². The number of rotatable bonds is 7. The van der Waals surface area contributed by atoms with Crippen molar-refractivity contribution in [1.29, 1.82) is 0 Å². The summed E-state index contributed by atoms with van der Waals surface area (Å²) in [4.78, 5) is 26.2. The smallest absolute Gasteiger partial charge is 0.250 e. The van der Waals surface area contributed by atoms with Gasteiger partial charge in [0.1, 0.15) is 5.82 Å². The van der Waals surface area contributed by atoms with Gasteiger partial charge in [-0.2, -0.15) is 0 Å². The van der Waals surface area contributed by atoms with Gasteiger partial charge in [0.2, 0.25) is 0 Å². The maximum absolute atomic E-state index is 11.9. The number of guanidine groups is 1. The van der Waals surface area contributed by atoms with Crippen molar-refractivity contribution in [2.24, 2.45) is 4.99 Å². The molecule has 0 radical (unpaired) electrons. The Morgan fingerprint density at radius 2 is 1.74 bits per heavy atom. The number of halogens is 1. The number of pyridine rings is 1. The molecule has 0 bridgehead atoms. The quantitative estimate of drug-likeness (QED) is 0.200. The summed E-state index contributed by atoms with van der Waals surface area (Å²) in [7, 11) is 3.76. The lowest BCUT2D eigenvalue weighted by atomic mass is 10.1. The van der Waals surface area contributed by atoms with E-state index in [0.717, 1.165) is 34.2 Å². The fraction of sp³-hybridized carbons (Fsp3) is 0.192. The minimum atomic E-state index is 0. The molecule has 0 aliphatic carbocycles. The normalized spacial score (nSPS) is 11.1. The van der Waals surface area contributed by atoms with Gasteiger partial charge in [0.25, 0.3) is 5.56 Å². The van der Waals surface area contributed by atoms with Gasteiger partial charge < -0.3 is 19.8 Å². The van der Waals surface area contributed by atoms with Gasteiger partial charge in [0, 0.05) is 32.9 Å². The van der Waals surface area contributed by atoms with Crippen molar-refractivity contribution in [3.8, 4) is 11.3 Å². The standard InChI is InChI=1S/C26H28N6O.HI/c1-27-26(31(2)19-24-28-17-23(30-24)22-8-4-3-5-9-22)29-16-20-11-13-21(14-12-20)18-32-15-7-6-10-25(32)33;/h3-15,17H,16,18-19H2,1-2H3,(H,27,29)(H,28,30);1H. The third-order valence-corrected chi connectivity index (χ3v) is 5.40. The van der Waals surface area contributed by atoms with Crippen molar-refractivity contribution in [3.05, 3.63) is 112 Å². The number of benzene rings is 2. The van der Waals surface area contributed by atoms with Gasteiger partial charge in [-0.1, -0.05) is 60.7 Å². The molecular weight excluding hydrogens is 539 g/mol. The molecule has 0 unspecified atom stereocenters. The molecule has 2 N–H and O–H groups in total. The largest absolute Gasteiger partial charge is 0.352 e. The zero-order valence-electron chi connectivity index (χ0n) is 19.3. The van der Waals surface area contributed by atoms with E-state index in [0.29, 0.717) is 19.6 Å². The first-order valence-corrected chi connectivity index (χ1v) is 10.9. The van der Waals surface area contributed by atoms with Crippen LogP contribution in [0.2, 0.25) is 0 Å². The van der Waals surface area contributed by atoms with Crippen LogP contribution in [-0.4, -0.2) is 39.5 Å². The average Bonchev–Trinajstić information content (AvgIpc) is 3.31. The lowest BCUT2D eigenvalue weighted by molar-refractivity contribution is 0.464. The first kappa shape index (κ1) is 25.2. The van der Waals surface area contributed by atoms with Gasteiger partial charge in [0.15, 0.2) is 5.96 Å². The highest BCUT2D eigenvalue weighted by molar-refractivity contribution is 14.0. The summed E-state index contributed by atoms with van der Waals surface area (Å²) in [5, 5.41) is 3.40. The number of aromatic amines is 1. The molecule has 2 heterocycles. The Labute approximate surface area is 216 Å². The van der Waals surface area contributed by atoms with Gasteiger partial charge in [0.05, 0.1) is 25.0 Å². The Morgan fingerprint density at radius 1 is 1.03 bits per heavy atom. The second-order valence-corrected chi connectivity index (χ2v) is 7.85. The third-order valence-electron chi connectivity index (χ3n) is 5.40. The molecule has 176 valence electrons. The molecule has 4 aromatic rings. The molecular formula is C26H29IN6O. The second kappa shape index (κ2) is 12.2. The molecule has 0 aliphatic heterocycles. The van der Waals surface area contributed by atoms with Crippen LogP contribution in [0, 0.1) is 0 Å². The number of nitrogens with one attached hydrogen (secondary N) is 2. The number of aliphatic imine (C=N–C) groups is 1. The molecule has 4 rings (SSSR count). The summed E-state index contributed by atoms with van der Waals surface area (Å²) in [5.74, 6) is 1.66. The molecule has 0 spiro atoms. The van der Waals surface area contributed by atoms with Crippen molar-refractivity contribution in [2.75, 3.05) is 14.1 Å². The van der Waals surface area contributed by atoms with Crippen LogP contribution >= 0.6 is 24.0 Å². The summed E-state index contributed by atoms with van der Waals surface area (Å²) < 4.78 is 1.70. The van der Waals surface area contributed by atoms with Crippen molar-refractivity contribution in [1.82, 2.24) is 24.8 Å². The van der Waals surface area contributed by atoms with E-state index in [2.05, 4.69) is 56.7 Å². The maximum atomic E-state index is 11.9. The minimum Gasteiger partial charge on any atom is -0.352 e. The minimum absolute atomic E-state index is 0. The Bertz CT molecular complexity index is 1260. The monoisotopic (exact) mass is 568 g/mol. The summed E-state index contributed by atoms with van der Waals surface area (Å²) in [5.41, 5.74) is 4.34. The fourth-order valence-electron chi connectivity index (χ4n) is 3.62. The first-order valence-electron chi connectivity index (χ1n) is 10.9. The van der Waals surface area contributed by atoms with Crippen molar-refractivity contribution in [2.45, 2.75) is 19.6 Å². The molecule has 2 aromatic heterocycles. The molecule has 0 amide bonds. The van der Waals surface area contributed by atoms with Crippen LogP contribution < -0.4 is 10.9 Å². The van der Waals surface area contributed by atoms with Gasteiger partial charge in [-0.15, -0.1) is 24.0 Å². The van der Waals surface area contributed by atoms with Crippen LogP contribution in [0.4, 0.5) is 0 Å². The van der Waals surface area contributed by atoms with E-state index >= 15 is 0 Å². The Balaban J connectivity index is 0.00000324. The number of nitrogens with zero attached hydrogens (tertiary/aromatic N) is 4. The SMILES string of the molecule is CN=C(NCc1ccc(Cn2ccccc2=O)cc1)N(C)Cc1ncc(-c2ccccc2)[nH]1.I. The molecule has 34 heavy (non-hydrogen) atoms. The van der Waals surface area contributed by atoms with Crippen LogP contribution in [0.25, 0.3) is 11.3 Å². The molecule has 0 aliphatic rings. The van der Waals surface area contributed by atoms with Crippen LogP contribution in [0.3, 0.4) is 0 Å². The van der Waals surface area contributed by atoms with Crippen LogP contribution in [0.15, 0.2) is 95.0 Å². The Kier molecular flexibility index (Phi) is 9.03. The van der Waals surface area contributed by atoms with Gasteiger partial charge in [-0.25, -0.2) is 4.98 Å². The topological polar surface area (TPSA) is 78.3 Å². The third kappa shape index (κ3) is 6.57. The van der Waals surface area contributed by atoms with E-state index in [4.69, 9.17) is 0 Å². The van der Waals surface area contributed by atoms with Crippen LogP contribution in [0.1, 0.15) is 17.0 Å². The fourth-order valence-corrected chi connectivity index (χ4v) is 3.62. The highest BCUT2D eigenvalue weighted by Crippen LogP contribution is 2.16. The molecule has 0 fully saturated rings. The Hall–Kier alpha value is -3.40. The molecule has 7 nitrogen and oxygen atoms in total. The number of imidazole rings is 1. The lowest BCUT2D eigenvalue weighted by Gasteiger charge is -2.21. The van der Waals surface area contributed by atoms with Crippen LogP contribution in [0.5, 0.6) is 0 Å². The van der Waals surface area contributed by atoms with Crippen molar-refractivity contribution in [3.63, 3.8) is 0 Å². The second-order valence-electron chi connectivity index (χ2n) is 7.85. The molecule has 0 saturated carbocycles. The zero-order chi connectivity index (χ0) is 23.0. The summed E-state index contributed by atoms with van der Waals surface area (Å²) in [6, 6.07) is 23.6. The summed E-state index contributed by atoms with van der Waals surface area (Å²) in [6.07, 6.45) is 3.67. The van der Waals surface area contributed by atoms with Gasteiger partial charge >= 0.3 is 0 Å². The van der Waals surface area contributed by atoms with E-state index in [9.17, 15) is 4.79 Å². The van der Waals surface area contributed by atoms with E-state index < -0.39 is 0 Å². The number of aromatic nitrogens is 3. The molecule has 2 aromatic carbocycles. The molecule has 8 heteroatoms. The zero-order valence-corrected chi connectivity index (χ0v) is 21.6. The predicted molar refractivity (Wildman–Crippen MR) is 147 cm³/mol. The maximum Gasteiger partial charge on any atom is 0.250 e. The Morgan fingerprint density at radius 3 is 2.44 bits per heavy atom. The van der Waals surface area contributed by atoms with E-state index in [1.807, 2.05) is 42.4 Å². The molecule has 0 saturated heterocycles. The number of hydrogen-bond acceptors (Lipinski definition) is 3. The highest BCUT2D eigenvalue weighted by atomic mass is 127. The summed E-state index contributed by atoms with van der Waals surface area (Å²) in [6.45, 7) is 1.82. The average molecular weight is 568 g/mol. The molecule has 0 atom stereocenters. The van der Waals surface area contributed by atoms with Crippen molar-refractivity contribution < 1.29 is 0 Å². The first-order chi connectivity index (χ1) is 16.1. The van der Waals surface area contributed by atoms with Gasteiger partial charge in [-0.05, 0) is 22.8 Å². The van der Waals surface area contributed by atoms with Gasteiger partial charge in [-0.3, -0.25) is 9.79 Å². The number of H-pyrrole nitrogens is 1. The lowest BCUT2D eigenvalue weighted by Crippen LogP contribution is -2.38.